The maximum atomic E-state index is 13.5. The third kappa shape index (κ3) is 6.39. The second kappa shape index (κ2) is 12.9. The van der Waals surface area contributed by atoms with Gasteiger partial charge in [-0.15, -0.1) is 0 Å². The van der Waals surface area contributed by atoms with Gasteiger partial charge in [0.05, 0.1) is 24.5 Å². The molecule has 2 fully saturated rings. The average molecular weight is 543 g/mol. The Hall–Kier alpha value is -4.04. The van der Waals surface area contributed by atoms with Crippen LogP contribution in [0.25, 0.3) is 0 Å². The van der Waals surface area contributed by atoms with Crippen molar-refractivity contribution in [2.75, 3.05) is 61.6 Å². The number of anilines is 3. The average Bonchev–Trinajstić information content (AvgIpc) is 3.54. The number of hydrogen-bond donors (Lipinski definition) is 2. The van der Waals surface area contributed by atoms with Crippen molar-refractivity contribution in [1.29, 1.82) is 0 Å². The Balaban J connectivity index is 1.33. The molecular weight excluding hydrogens is 504 g/mol. The lowest BCUT2D eigenvalue weighted by Gasteiger charge is -2.38. The van der Waals surface area contributed by atoms with E-state index in [0.717, 1.165) is 69.2 Å². The van der Waals surface area contributed by atoms with Crippen LogP contribution in [0.15, 0.2) is 66.7 Å². The summed E-state index contributed by atoms with van der Waals surface area (Å²) in [6.45, 7) is 6.38. The number of rotatable bonds is 9. The minimum absolute atomic E-state index is 0.0470. The van der Waals surface area contributed by atoms with Gasteiger partial charge < -0.3 is 29.9 Å². The number of amides is 2. The second-order valence-corrected chi connectivity index (χ2v) is 10.2. The number of para-hydroxylation sites is 2. The number of benzene rings is 3. The van der Waals surface area contributed by atoms with E-state index in [9.17, 15) is 9.59 Å². The predicted octanol–water partition coefficient (Wildman–Crippen LogP) is 4.75. The van der Waals surface area contributed by atoms with Gasteiger partial charge in [0, 0.05) is 56.3 Å². The normalized spacial score (nSPS) is 17.0. The first-order valence-corrected chi connectivity index (χ1v) is 14.1. The molecule has 2 aliphatic heterocycles. The zero-order valence-electron chi connectivity index (χ0n) is 23.3. The van der Waals surface area contributed by atoms with Crippen LogP contribution in [-0.2, 0) is 11.2 Å². The second-order valence-electron chi connectivity index (χ2n) is 10.2. The van der Waals surface area contributed by atoms with E-state index in [2.05, 4.69) is 33.4 Å². The van der Waals surface area contributed by atoms with Crippen molar-refractivity contribution in [2.45, 2.75) is 32.3 Å². The summed E-state index contributed by atoms with van der Waals surface area (Å²) < 4.78 is 11.3. The van der Waals surface area contributed by atoms with E-state index >= 15 is 0 Å². The number of piperazine rings is 1. The highest BCUT2D eigenvalue weighted by atomic mass is 16.5. The Morgan fingerprint density at radius 1 is 0.925 bits per heavy atom. The number of ether oxygens (including phenoxy) is 2. The van der Waals surface area contributed by atoms with Crippen LogP contribution in [0.3, 0.4) is 0 Å². The molecule has 0 aromatic heterocycles. The Labute approximate surface area is 236 Å². The van der Waals surface area contributed by atoms with Crippen LogP contribution >= 0.6 is 0 Å². The quantitative estimate of drug-likeness (QED) is 0.406. The molecule has 0 saturated carbocycles. The van der Waals surface area contributed by atoms with E-state index in [4.69, 9.17) is 9.47 Å². The number of carbonyl (C=O) groups is 2. The molecule has 210 valence electrons. The minimum Gasteiger partial charge on any atom is -0.495 e. The summed E-state index contributed by atoms with van der Waals surface area (Å²) in [5.74, 6) is 0.488. The fraction of sp³-hybridized carbons (Fsp3) is 0.375. The molecule has 8 nitrogen and oxygen atoms in total. The molecule has 1 atom stereocenters. The maximum Gasteiger partial charge on any atom is 0.255 e. The molecule has 2 amide bonds. The summed E-state index contributed by atoms with van der Waals surface area (Å²) in [5.41, 5.74) is 4.82. The van der Waals surface area contributed by atoms with E-state index < -0.39 is 0 Å². The Morgan fingerprint density at radius 2 is 1.65 bits per heavy atom. The smallest absolute Gasteiger partial charge is 0.255 e. The highest BCUT2D eigenvalue weighted by Crippen LogP contribution is 2.31. The zero-order chi connectivity index (χ0) is 27.9. The molecule has 0 bridgehead atoms. The predicted molar refractivity (Wildman–Crippen MR) is 159 cm³/mol. The fourth-order valence-electron chi connectivity index (χ4n) is 5.35. The van der Waals surface area contributed by atoms with Gasteiger partial charge in [0.2, 0.25) is 0 Å². The Kier molecular flexibility index (Phi) is 8.86. The van der Waals surface area contributed by atoms with Crippen LogP contribution < -0.4 is 25.2 Å². The lowest BCUT2D eigenvalue weighted by atomic mass is 10.1. The first kappa shape index (κ1) is 27.5. The summed E-state index contributed by atoms with van der Waals surface area (Å²) in [6, 6.07) is 21.2. The Morgan fingerprint density at radius 3 is 2.33 bits per heavy atom. The van der Waals surface area contributed by atoms with Crippen molar-refractivity contribution in [3.8, 4) is 5.75 Å². The van der Waals surface area contributed by atoms with Gasteiger partial charge in [-0.25, -0.2) is 0 Å². The largest absolute Gasteiger partial charge is 0.495 e. The molecule has 0 spiro atoms. The molecule has 3 aromatic carbocycles. The zero-order valence-corrected chi connectivity index (χ0v) is 23.3. The fourth-order valence-corrected chi connectivity index (χ4v) is 5.35. The molecule has 2 heterocycles. The highest BCUT2D eigenvalue weighted by Gasteiger charge is 2.25. The van der Waals surface area contributed by atoms with Gasteiger partial charge in [0.1, 0.15) is 5.75 Å². The van der Waals surface area contributed by atoms with Crippen molar-refractivity contribution in [3.05, 3.63) is 83.4 Å². The van der Waals surface area contributed by atoms with Gasteiger partial charge in [0.15, 0.2) is 0 Å². The summed E-state index contributed by atoms with van der Waals surface area (Å²) in [6.07, 6.45) is 2.93. The van der Waals surface area contributed by atoms with E-state index in [-0.39, 0.29) is 17.9 Å². The molecule has 2 saturated heterocycles. The standard InChI is InChI=1S/C32H38N4O4/c1-3-23-10-12-24(13-11-23)31(37)34-25-14-15-28(27(21-25)32(38)33-22-26-7-6-20-40-26)35-16-18-36(19-17-35)29-8-4-5-9-30(29)39-2/h4-5,8-15,21,26H,3,6-7,16-20,22H2,1-2H3,(H,33,38)(H,34,37). The molecule has 8 heteroatoms. The molecule has 0 aliphatic carbocycles. The number of hydrogen-bond acceptors (Lipinski definition) is 6. The third-order valence-electron chi connectivity index (χ3n) is 7.68. The van der Waals surface area contributed by atoms with Crippen molar-refractivity contribution in [3.63, 3.8) is 0 Å². The highest BCUT2D eigenvalue weighted by molar-refractivity contribution is 6.06. The van der Waals surface area contributed by atoms with Gasteiger partial charge in [-0.05, 0) is 67.3 Å². The number of aryl methyl sites for hydroxylation is 1. The minimum atomic E-state index is -0.202. The maximum absolute atomic E-state index is 13.5. The van der Waals surface area contributed by atoms with Crippen LogP contribution in [-0.4, -0.2) is 64.4 Å². The molecule has 2 aliphatic rings. The number of carbonyl (C=O) groups excluding carboxylic acids is 2. The molecular formula is C32H38N4O4. The summed E-state index contributed by atoms with van der Waals surface area (Å²) in [5, 5.41) is 6.04. The van der Waals surface area contributed by atoms with Crippen molar-refractivity contribution in [2.24, 2.45) is 0 Å². The van der Waals surface area contributed by atoms with Gasteiger partial charge in [-0.3, -0.25) is 9.59 Å². The first-order chi connectivity index (χ1) is 19.6. The van der Waals surface area contributed by atoms with Gasteiger partial charge in [0.25, 0.3) is 11.8 Å². The summed E-state index contributed by atoms with van der Waals surface area (Å²) in [4.78, 5) is 31.0. The SMILES string of the molecule is CCc1ccc(C(=O)Nc2ccc(N3CCN(c4ccccc4OC)CC3)c(C(=O)NCC3CCCO3)c2)cc1. The van der Waals surface area contributed by atoms with Crippen LogP contribution in [0.5, 0.6) is 5.75 Å². The van der Waals surface area contributed by atoms with Gasteiger partial charge >= 0.3 is 0 Å². The van der Waals surface area contributed by atoms with E-state index in [0.29, 0.717) is 23.4 Å². The van der Waals surface area contributed by atoms with Gasteiger partial charge in [-0.2, -0.15) is 0 Å². The molecule has 5 rings (SSSR count). The monoisotopic (exact) mass is 542 g/mol. The van der Waals surface area contributed by atoms with Crippen molar-refractivity contribution >= 4 is 28.9 Å². The third-order valence-corrected chi connectivity index (χ3v) is 7.68. The van der Waals surface area contributed by atoms with Crippen LogP contribution in [0.2, 0.25) is 0 Å². The first-order valence-electron chi connectivity index (χ1n) is 14.1. The van der Waals surface area contributed by atoms with Crippen LogP contribution in [0, 0.1) is 0 Å². The summed E-state index contributed by atoms with van der Waals surface area (Å²) >= 11 is 0. The molecule has 40 heavy (non-hydrogen) atoms. The molecule has 3 aromatic rings. The van der Waals surface area contributed by atoms with Crippen molar-refractivity contribution in [1.82, 2.24) is 5.32 Å². The lowest BCUT2D eigenvalue weighted by Crippen LogP contribution is -2.47. The lowest BCUT2D eigenvalue weighted by molar-refractivity contribution is 0.0858. The van der Waals surface area contributed by atoms with Crippen molar-refractivity contribution < 1.29 is 19.1 Å². The molecule has 1 unspecified atom stereocenters. The van der Waals surface area contributed by atoms with Crippen LogP contribution in [0.4, 0.5) is 17.1 Å². The number of nitrogens with one attached hydrogen (secondary N) is 2. The molecule has 0 radical (unpaired) electrons. The van der Waals surface area contributed by atoms with Gasteiger partial charge in [-0.1, -0.05) is 31.2 Å². The number of nitrogens with zero attached hydrogens (tertiary/aromatic N) is 2. The van der Waals surface area contributed by atoms with E-state index in [1.54, 1.807) is 13.2 Å². The van der Waals surface area contributed by atoms with E-state index in [1.165, 1.54) is 5.56 Å². The topological polar surface area (TPSA) is 83.1 Å². The Bertz CT molecular complexity index is 1310. The number of methoxy groups -OCH3 is 1. The molecule has 2 N–H and O–H groups in total. The van der Waals surface area contributed by atoms with E-state index in [1.807, 2.05) is 54.6 Å². The van der Waals surface area contributed by atoms with Crippen LogP contribution in [0.1, 0.15) is 46.0 Å². The summed E-state index contributed by atoms with van der Waals surface area (Å²) in [7, 11) is 1.69.